The topological polar surface area (TPSA) is 26.3 Å². The van der Waals surface area contributed by atoms with Gasteiger partial charge in [0.2, 0.25) is 0 Å². The standard InChI is InChI=1S/C7H11O2/c1-4-6(3)9-7(8)5-2/h4,6H,1-2,5H2,3H3. The summed E-state index contributed by atoms with van der Waals surface area (Å²) in [5, 5.41) is 0. The number of hydrogen-bond donors (Lipinski definition) is 0. The van der Waals surface area contributed by atoms with E-state index in [0.717, 1.165) is 0 Å². The second-order valence-corrected chi connectivity index (χ2v) is 1.68. The van der Waals surface area contributed by atoms with Gasteiger partial charge in [-0.15, -0.1) is 0 Å². The SMILES string of the molecule is [CH2]CC(=O)OC(C)C=C. The van der Waals surface area contributed by atoms with E-state index in [0.29, 0.717) is 0 Å². The van der Waals surface area contributed by atoms with E-state index in [-0.39, 0.29) is 18.5 Å². The Bertz CT molecular complexity index is 107. The summed E-state index contributed by atoms with van der Waals surface area (Å²) >= 11 is 0. The number of esters is 1. The van der Waals surface area contributed by atoms with Crippen LogP contribution in [-0.4, -0.2) is 12.1 Å². The second-order valence-electron chi connectivity index (χ2n) is 1.68. The molecule has 0 aliphatic carbocycles. The molecular formula is C7H11O2. The van der Waals surface area contributed by atoms with E-state index >= 15 is 0 Å². The third-order valence-corrected chi connectivity index (χ3v) is 0.853. The van der Waals surface area contributed by atoms with E-state index in [2.05, 4.69) is 13.5 Å². The molecule has 0 rings (SSSR count). The number of rotatable bonds is 3. The highest BCUT2D eigenvalue weighted by atomic mass is 16.5. The fourth-order valence-electron chi connectivity index (χ4n) is 0.314. The molecule has 2 nitrogen and oxygen atoms in total. The monoisotopic (exact) mass is 127 g/mol. The predicted octanol–water partition coefficient (Wildman–Crippen LogP) is 1.33. The molecule has 0 N–H and O–H groups in total. The van der Waals surface area contributed by atoms with Crippen LogP contribution in [0.25, 0.3) is 0 Å². The lowest BCUT2D eigenvalue weighted by Gasteiger charge is -2.05. The van der Waals surface area contributed by atoms with Crippen molar-refractivity contribution in [1.29, 1.82) is 0 Å². The number of hydrogen-bond acceptors (Lipinski definition) is 2. The van der Waals surface area contributed by atoms with E-state index in [1.807, 2.05) is 0 Å². The van der Waals surface area contributed by atoms with E-state index in [1.54, 1.807) is 13.0 Å². The van der Waals surface area contributed by atoms with Gasteiger partial charge in [0.05, 0.1) is 0 Å². The average Bonchev–Trinajstić information content (AvgIpc) is 1.87. The van der Waals surface area contributed by atoms with Gasteiger partial charge in [-0.1, -0.05) is 12.7 Å². The highest BCUT2D eigenvalue weighted by molar-refractivity contribution is 5.70. The first-order valence-corrected chi connectivity index (χ1v) is 2.82. The number of ether oxygens (including phenoxy) is 1. The number of carbonyl (C=O) groups excluding carboxylic acids is 1. The molecule has 0 aliphatic heterocycles. The van der Waals surface area contributed by atoms with Crippen molar-refractivity contribution < 1.29 is 9.53 Å². The van der Waals surface area contributed by atoms with Crippen LogP contribution in [0.5, 0.6) is 0 Å². The highest BCUT2D eigenvalue weighted by Gasteiger charge is 2.00. The Morgan fingerprint density at radius 3 is 2.78 bits per heavy atom. The largest absolute Gasteiger partial charge is 0.458 e. The molecule has 0 aromatic rings. The van der Waals surface area contributed by atoms with Crippen molar-refractivity contribution in [2.24, 2.45) is 0 Å². The lowest BCUT2D eigenvalue weighted by molar-refractivity contribution is -0.145. The average molecular weight is 127 g/mol. The van der Waals surface area contributed by atoms with Crippen molar-refractivity contribution in [2.75, 3.05) is 0 Å². The minimum Gasteiger partial charge on any atom is -0.458 e. The molecule has 0 spiro atoms. The molecule has 1 unspecified atom stereocenters. The summed E-state index contributed by atoms with van der Waals surface area (Å²) in [7, 11) is 0. The first-order valence-electron chi connectivity index (χ1n) is 2.82. The van der Waals surface area contributed by atoms with Crippen LogP contribution in [0, 0.1) is 6.92 Å². The van der Waals surface area contributed by atoms with Crippen molar-refractivity contribution >= 4 is 5.97 Å². The van der Waals surface area contributed by atoms with Gasteiger partial charge in [-0.25, -0.2) is 0 Å². The molecule has 0 aromatic carbocycles. The summed E-state index contributed by atoms with van der Waals surface area (Å²) in [5.41, 5.74) is 0. The molecule has 0 fully saturated rings. The quantitative estimate of drug-likeness (QED) is 0.422. The maximum absolute atomic E-state index is 10.4. The molecule has 1 radical (unpaired) electrons. The van der Waals surface area contributed by atoms with Crippen LogP contribution in [-0.2, 0) is 9.53 Å². The van der Waals surface area contributed by atoms with Gasteiger partial charge in [0.1, 0.15) is 6.10 Å². The molecule has 51 valence electrons. The molecule has 1 atom stereocenters. The van der Waals surface area contributed by atoms with Gasteiger partial charge in [-0.2, -0.15) is 0 Å². The van der Waals surface area contributed by atoms with Crippen molar-refractivity contribution in [2.45, 2.75) is 19.4 Å². The summed E-state index contributed by atoms with van der Waals surface area (Å²) in [6, 6.07) is 0. The molecule has 9 heavy (non-hydrogen) atoms. The van der Waals surface area contributed by atoms with Gasteiger partial charge < -0.3 is 4.74 Å². The Kier molecular flexibility index (Phi) is 3.76. The molecule has 0 aromatic heterocycles. The summed E-state index contributed by atoms with van der Waals surface area (Å²) in [4.78, 5) is 10.4. The fourth-order valence-corrected chi connectivity index (χ4v) is 0.314. The lowest BCUT2D eigenvalue weighted by atomic mass is 10.4. The van der Waals surface area contributed by atoms with Gasteiger partial charge >= 0.3 is 5.97 Å². The molecule has 0 saturated heterocycles. The van der Waals surface area contributed by atoms with Crippen LogP contribution < -0.4 is 0 Å². The Morgan fingerprint density at radius 2 is 2.44 bits per heavy atom. The van der Waals surface area contributed by atoms with E-state index < -0.39 is 0 Å². The van der Waals surface area contributed by atoms with E-state index in [4.69, 9.17) is 4.74 Å². The van der Waals surface area contributed by atoms with Crippen LogP contribution in [0.1, 0.15) is 13.3 Å². The molecule has 0 aliphatic rings. The smallest absolute Gasteiger partial charge is 0.306 e. The lowest BCUT2D eigenvalue weighted by Crippen LogP contribution is -2.10. The first kappa shape index (κ1) is 8.21. The molecule has 2 heteroatoms. The highest BCUT2D eigenvalue weighted by Crippen LogP contribution is 1.93. The van der Waals surface area contributed by atoms with Gasteiger partial charge in [0.25, 0.3) is 0 Å². The summed E-state index contributed by atoms with van der Waals surface area (Å²) in [5.74, 6) is -0.289. The Morgan fingerprint density at radius 1 is 1.89 bits per heavy atom. The fraction of sp³-hybridized carbons (Fsp3) is 0.429. The second kappa shape index (κ2) is 4.13. The predicted molar refractivity (Wildman–Crippen MR) is 35.7 cm³/mol. The molecule has 0 bridgehead atoms. The van der Waals surface area contributed by atoms with Crippen molar-refractivity contribution in [3.8, 4) is 0 Å². The zero-order chi connectivity index (χ0) is 7.28. The van der Waals surface area contributed by atoms with Crippen LogP contribution in [0.3, 0.4) is 0 Å². The van der Waals surface area contributed by atoms with Crippen molar-refractivity contribution in [1.82, 2.24) is 0 Å². The van der Waals surface area contributed by atoms with E-state index in [1.165, 1.54) is 0 Å². The Labute approximate surface area is 55.5 Å². The summed E-state index contributed by atoms with van der Waals surface area (Å²) < 4.78 is 4.73. The summed E-state index contributed by atoms with van der Waals surface area (Å²) in [6.45, 7) is 8.57. The normalized spacial score (nSPS) is 12.2. The van der Waals surface area contributed by atoms with Gasteiger partial charge in [0, 0.05) is 6.42 Å². The zero-order valence-electron chi connectivity index (χ0n) is 5.59. The van der Waals surface area contributed by atoms with Crippen molar-refractivity contribution in [3.63, 3.8) is 0 Å². The van der Waals surface area contributed by atoms with Crippen LogP contribution in [0.15, 0.2) is 12.7 Å². The van der Waals surface area contributed by atoms with Gasteiger partial charge in [0.15, 0.2) is 0 Å². The zero-order valence-corrected chi connectivity index (χ0v) is 5.59. The number of carbonyl (C=O) groups is 1. The maximum atomic E-state index is 10.4. The molecule has 0 amide bonds. The minimum atomic E-state index is -0.289. The van der Waals surface area contributed by atoms with Gasteiger partial charge in [-0.3, -0.25) is 4.79 Å². The minimum absolute atomic E-state index is 0.179. The maximum Gasteiger partial charge on any atom is 0.306 e. The third-order valence-electron chi connectivity index (χ3n) is 0.853. The Balaban J connectivity index is 3.46. The van der Waals surface area contributed by atoms with Crippen molar-refractivity contribution in [3.05, 3.63) is 19.6 Å². The van der Waals surface area contributed by atoms with Crippen LogP contribution in [0.4, 0.5) is 0 Å². The van der Waals surface area contributed by atoms with Crippen LogP contribution in [0.2, 0.25) is 0 Å². The third kappa shape index (κ3) is 3.76. The molecule has 0 heterocycles. The van der Waals surface area contributed by atoms with Gasteiger partial charge in [-0.05, 0) is 13.8 Å². The molecule has 0 saturated carbocycles. The van der Waals surface area contributed by atoms with E-state index in [9.17, 15) is 4.79 Å². The molecular weight excluding hydrogens is 116 g/mol. The summed E-state index contributed by atoms with van der Waals surface area (Å²) in [6.07, 6.45) is 1.55. The van der Waals surface area contributed by atoms with Crippen LogP contribution >= 0.6 is 0 Å². The Hall–Kier alpha value is -0.790. The first-order chi connectivity index (χ1) is 4.20.